The summed E-state index contributed by atoms with van der Waals surface area (Å²) in [6, 6.07) is 12.6. The van der Waals surface area contributed by atoms with Gasteiger partial charge < -0.3 is 10.6 Å². The Morgan fingerprint density at radius 1 is 1.07 bits per heavy atom. The fourth-order valence-electron chi connectivity index (χ4n) is 3.22. The van der Waals surface area contributed by atoms with Gasteiger partial charge in [-0.05, 0) is 42.8 Å². The number of carbonyl (C=O) groups is 2. The Kier molecular flexibility index (Phi) is 7.46. The van der Waals surface area contributed by atoms with Gasteiger partial charge in [0.2, 0.25) is 11.8 Å². The minimum Gasteiger partial charge on any atom is -0.366 e. The van der Waals surface area contributed by atoms with Crippen LogP contribution in [-0.4, -0.2) is 53.0 Å². The zero-order chi connectivity index (χ0) is 21.0. The molecule has 0 radical (unpaired) electrons. The van der Waals surface area contributed by atoms with Crippen molar-refractivity contribution in [2.24, 2.45) is 5.73 Å². The van der Waals surface area contributed by atoms with Crippen molar-refractivity contribution < 1.29 is 9.59 Å². The molecule has 5 nitrogen and oxygen atoms in total. The van der Waals surface area contributed by atoms with E-state index in [2.05, 4.69) is 4.90 Å². The molecule has 1 atom stereocenters. The number of halogens is 2. The molecular formula is C21H23Cl2N3O2S. The number of carbonyl (C=O) groups excluding carboxylic acids is 2. The van der Waals surface area contributed by atoms with Gasteiger partial charge in [-0.1, -0.05) is 35.3 Å². The van der Waals surface area contributed by atoms with Crippen LogP contribution in [0.1, 0.15) is 22.8 Å². The highest BCUT2D eigenvalue weighted by atomic mass is 35.5. The van der Waals surface area contributed by atoms with Crippen LogP contribution in [0.5, 0.6) is 0 Å². The second kappa shape index (κ2) is 9.85. The lowest BCUT2D eigenvalue weighted by molar-refractivity contribution is -0.132. The summed E-state index contributed by atoms with van der Waals surface area (Å²) in [6.07, 6.45) is 0. The monoisotopic (exact) mass is 451 g/mol. The first kappa shape index (κ1) is 22.0. The summed E-state index contributed by atoms with van der Waals surface area (Å²) in [4.78, 5) is 29.0. The highest BCUT2D eigenvalue weighted by Gasteiger charge is 2.26. The number of amides is 2. The van der Waals surface area contributed by atoms with Gasteiger partial charge in [0, 0.05) is 48.2 Å². The van der Waals surface area contributed by atoms with Crippen molar-refractivity contribution in [1.82, 2.24) is 9.80 Å². The molecule has 1 fully saturated rings. The van der Waals surface area contributed by atoms with Gasteiger partial charge in [-0.3, -0.25) is 14.5 Å². The van der Waals surface area contributed by atoms with Gasteiger partial charge in [0.15, 0.2) is 0 Å². The average Bonchev–Trinajstić information content (AvgIpc) is 2.71. The molecule has 2 aromatic carbocycles. The Hall–Kier alpha value is -1.73. The predicted molar refractivity (Wildman–Crippen MR) is 119 cm³/mol. The van der Waals surface area contributed by atoms with E-state index in [4.69, 9.17) is 28.9 Å². The van der Waals surface area contributed by atoms with E-state index in [0.717, 1.165) is 30.1 Å². The lowest BCUT2D eigenvalue weighted by atomic mass is 10.1. The Labute approximate surface area is 185 Å². The summed E-state index contributed by atoms with van der Waals surface area (Å²) in [7, 11) is 0. The molecule has 0 spiro atoms. The van der Waals surface area contributed by atoms with E-state index in [-0.39, 0.29) is 11.2 Å². The third kappa shape index (κ3) is 5.89. The number of nitrogens with two attached hydrogens (primary N) is 1. The van der Waals surface area contributed by atoms with Gasteiger partial charge >= 0.3 is 0 Å². The minimum absolute atomic E-state index is 0.108. The van der Waals surface area contributed by atoms with E-state index >= 15 is 0 Å². The average molecular weight is 452 g/mol. The van der Waals surface area contributed by atoms with E-state index in [9.17, 15) is 9.59 Å². The number of piperazine rings is 1. The minimum atomic E-state index is -0.422. The van der Waals surface area contributed by atoms with Gasteiger partial charge in [-0.25, -0.2) is 0 Å². The number of thioether (sulfide) groups is 1. The second-order valence-electron chi connectivity index (χ2n) is 7.00. The molecule has 2 N–H and O–H groups in total. The maximum Gasteiger partial charge on any atom is 0.248 e. The SMILES string of the molecule is CC(Sc1cc(Cl)ccc1Cl)C(=O)N1CCN(Cc2ccc(C(N)=O)cc2)CC1. The molecule has 1 heterocycles. The van der Waals surface area contributed by atoms with Crippen LogP contribution in [0.3, 0.4) is 0 Å². The summed E-state index contributed by atoms with van der Waals surface area (Å²) in [5.41, 5.74) is 6.91. The number of nitrogens with zero attached hydrogens (tertiary/aromatic N) is 2. The molecule has 1 aliphatic heterocycles. The number of primary amides is 1. The first-order valence-corrected chi connectivity index (χ1v) is 11.0. The van der Waals surface area contributed by atoms with Crippen LogP contribution >= 0.6 is 35.0 Å². The Morgan fingerprint density at radius 2 is 1.72 bits per heavy atom. The quantitative estimate of drug-likeness (QED) is 0.675. The van der Waals surface area contributed by atoms with Gasteiger partial charge in [0.1, 0.15) is 0 Å². The predicted octanol–water partition coefficient (Wildman–Crippen LogP) is 3.92. The Morgan fingerprint density at radius 3 is 2.34 bits per heavy atom. The molecule has 2 amide bonds. The van der Waals surface area contributed by atoms with Crippen LogP contribution in [0.2, 0.25) is 10.0 Å². The van der Waals surface area contributed by atoms with Crippen LogP contribution < -0.4 is 5.73 Å². The molecule has 2 aromatic rings. The highest BCUT2D eigenvalue weighted by molar-refractivity contribution is 8.00. The van der Waals surface area contributed by atoms with Crippen molar-refractivity contribution >= 4 is 46.8 Å². The lowest BCUT2D eigenvalue weighted by Gasteiger charge is -2.36. The van der Waals surface area contributed by atoms with E-state index in [1.165, 1.54) is 11.8 Å². The molecule has 29 heavy (non-hydrogen) atoms. The molecule has 1 aliphatic rings. The second-order valence-corrected chi connectivity index (χ2v) is 9.22. The molecule has 0 bridgehead atoms. The van der Waals surface area contributed by atoms with E-state index in [1.54, 1.807) is 30.3 Å². The van der Waals surface area contributed by atoms with Crippen LogP contribution in [0.4, 0.5) is 0 Å². The molecule has 0 aliphatic carbocycles. The number of rotatable bonds is 6. The molecule has 0 aromatic heterocycles. The smallest absolute Gasteiger partial charge is 0.248 e. The van der Waals surface area contributed by atoms with Crippen molar-refractivity contribution in [3.63, 3.8) is 0 Å². The van der Waals surface area contributed by atoms with Crippen molar-refractivity contribution in [1.29, 1.82) is 0 Å². The number of hydrogen-bond acceptors (Lipinski definition) is 4. The van der Waals surface area contributed by atoms with E-state index in [1.807, 2.05) is 24.0 Å². The molecule has 8 heteroatoms. The van der Waals surface area contributed by atoms with Crippen LogP contribution in [0.15, 0.2) is 47.4 Å². The van der Waals surface area contributed by atoms with Gasteiger partial charge in [-0.2, -0.15) is 0 Å². The first-order chi connectivity index (χ1) is 13.8. The first-order valence-electron chi connectivity index (χ1n) is 9.35. The normalized spacial score (nSPS) is 15.9. The van der Waals surface area contributed by atoms with Crippen LogP contribution in [0.25, 0.3) is 0 Å². The summed E-state index contributed by atoms with van der Waals surface area (Å²) in [6.45, 7) is 5.66. The molecule has 3 rings (SSSR count). The van der Waals surface area contributed by atoms with Crippen LogP contribution in [0, 0.1) is 0 Å². The van der Waals surface area contributed by atoms with Crippen molar-refractivity contribution in [3.8, 4) is 0 Å². The Bertz CT molecular complexity index is 884. The van der Waals surface area contributed by atoms with Gasteiger partial charge in [-0.15, -0.1) is 11.8 Å². The summed E-state index contributed by atoms with van der Waals surface area (Å²) in [5.74, 6) is -0.314. The zero-order valence-corrected chi connectivity index (χ0v) is 18.4. The Balaban J connectivity index is 1.51. The van der Waals surface area contributed by atoms with Crippen molar-refractivity contribution in [3.05, 3.63) is 63.6 Å². The highest BCUT2D eigenvalue weighted by Crippen LogP contribution is 2.33. The number of hydrogen-bond donors (Lipinski definition) is 1. The topological polar surface area (TPSA) is 66.6 Å². The standard InChI is InChI=1S/C21H23Cl2N3O2S/c1-14(29-19-12-17(22)6-7-18(19)23)21(28)26-10-8-25(9-11-26)13-15-2-4-16(5-3-15)20(24)27/h2-7,12,14H,8-11,13H2,1H3,(H2,24,27). The van der Waals surface area contributed by atoms with E-state index < -0.39 is 5.91 Å². The third-order valence-corrected chi connectivity index (χ3v) is 6.70. The third-order valence-electron chi connectivity index (χ3n) is 4.87. The summed E-state index contributed by atoms with van der Waals surface area (Å²) < 4.78 is 0. The maximum absolute atomic E-state index is 12.8. The fourth-order valence-corrected chi connectivity index (χ4v) is 4.72. The molecular weight excluding hydrogens is 429 g/mol. The van der Waals surface area contributed by atoms with Gasteiger partial charge in [0.05, 0.1) is 10.3 Å². The molecule has 1 unspecified atom stereocenters. The lowest BCUT2D eigenvalue weighted by Crippen LogP contribution is -2.50. The molecule has 1 saturated heterocycles. The number of benzene rings is 2. The van der Waals surface area contributed by atoms with Crippen molar-refractivity contribution in [2.45, 2.75) is 23.6 Å². The summed E-state index contributed by atoms with van der Waals surface area (Å²) in [5, 5.41) is 0.971. The molecule has 154 valence electrons. The van der Waals surface area contributed by atoms with Crippen LogP contribution in [-0.2, 0) is 11.3 Å². The fraction of sp³-hybridized carbons (Fsp3) is 0.333. The van der Waals surface area contributed by atoms with Gasteiger partial charge in [0.25, 0.3) is 0 Å². The van der Waals surface area contributed by atoms with Crippen molar-refractivity contribution in [2.75, 3.05) is 26.2 Å². The molecule has 0 saturated carbocycles. The maximum atomic E-state index is 12.8. The summed E-state index contributed by atoms with van der Waals surface area (Å²) >= 11 is 13.7. The zero-order valence-electron chi connectivity index (χ0n) is 16.1. The van der Waals surface area contributed by atoms with E-state index in [0.29, 0.717) is 28.7 Å². The largest absolute Gasteiger partial charge is 0.366 e.